The number of nitrogen functional groups attached to an aromatic ring is 1. The van der Waals surface area contributed by atoms with Crippen LogP contribution < -0.4 is 11.1 Å². The lowest BCUT2D eigenvalue weighted by atomic mass is 10.1. The van der Waals surface area contributed by atoms with Crippen LogP contribution in [0, 0.1) is 11.7 Å². The summed E-state index contributed by atoms with van der Waals surface area (Å²) in [6.45, 7) is 7.39. The highest BCUT2D eigenvalue weighted by Crippen LogP contribution is 2.42. The Bertz CT molecular complexity index is 1970. The third-order valence-electron chi connectivity index (χ3n) is 9.24. The van der Waals surface area contributed by atoms with Gasteiger partial charge < -0.3 is 35.5 Å². The van der Waals surface area contributed by atoms with E-state index >= 15 is 0 Å². The van der Waals surface area contributed by atoms with E-state index < -0.39 is 29.9 Å². The van der Waals surface area contributed by atoms with Crippen molar-refractivity contribution in [2.24, 2.45) is 5.92 Å². The van der Waals surface area contributed by atoms with Gasteiger partial charge in [-0.15, -0.1) is 11.3 Å². The van der Waals surface area contributed by atoms with Crippen LogP contribution in [0.4, 0.5) is 15.0 Å². The van der Waals surface area contributed by atoms with Crippen LogP contribution in [0.15, 0.2) is 66.2 Å². The number of fused-ring (bicyclic) bond motifs is 1. The lowest BCUT2D eigenvalue weighted by Gasteiger charge is -2.27. The Hall–Kier alpha value is -4.14. The van der Waals surface area contributed by atoms with Crippen LogP contribution in [0.2, 0.25) is 5.28 Å². The number of aliphatic hydroxyl groups excluding tert-OH is 2. The van der Waals surface area contributed by atoms with Gasteiger partial charge in [0.15, 0.2) is 0 Å². The summed E-state index contributed by atoms with van der Waals surface area (Å²) in [5.41, 5.74) is 9.98. The number of carbonyl (C=O) groups is 1. The monoisotopic (exact) mass is 749 g/mol. The Morgan fingerprint density at radius 2 is 1.83 bits per heavy atom. The predicted octanol–water partition coefficient (Wildman–Crippen LogP) is 6.26. The van der Waals surface area contributed by atoms with Crippen LogP contribution in [0.1, 0.15) is 56.5 Å². The number of hydrogen-bond acceptors (Lipinski definition) is 10. The number of anilines is 1. The molecule has 3 heterocycles. The van der Waals surface area contributed by atoms with Crippen molar-refractivity contribution in [3.05, 3.63) is 94.1 Å². The lowest BCUT2D eigenvalue weighted by Crippen LogP contribution is -2.40. The third-order valence-corrected chi connectivity index (χ3v) is 10.3. The minimum absolute atomic E-state index is 0.0100. The second kappa shape index (κ2) is 16.3. The average Bonchev–Trinajstić information content (AvgIpc) is 3.79. The number of aromatic nitrogens is 4. The fraction of sp³-hybridized carbons (Fsp3) is 0.421. The van der Waals surface area contributed by atoms with E-state index in [1.54, 1.807) is 17.0 Å². The lowest BCUT2D eigenvalue weighted by molar-refractivity contribution is 0.00687. The first kappa shape index (κ1) is 37.6. The van der Waals surface area contributed by atoms with E-state index in [-0.39, 0.29) is 22.8 Å². The summed E-state index contributed by atoms with van der Waals surface area (Å²) in [7, 11) is 0. The predicted molar refractivity (Wildman–Crippen MR) is 202 cm³/mol. The van der Waals surface area contributed by atoms with Gasteiger partial charge in [0.1, 0.15) is 34.0 Å². The Balaban J connectivity index is 1.10. The Labute approximate surface area is 311 Å². The van der Waals surface area contributed by atoms with Crippen molar-refractivity contribution in [2.75, 3.05) is 31.9 Å². The van der Waals surface area contributed by atoms with Gasteiger partial charge >= 0.3 is 6.09 Å². The van der Waals surface area contributed by atoms with Gasteiger partial charge in [-0.25, -0.2) is 19.2 Å². The number of carbonyl (C=O) groups excluding carboxylic acids is 1. The first-order valence-corrected chi connectivity index (χ1v) is 18.7. The van der Waals surface area contributed by atoms with Crippen molar-refractivity contribution in [3.8, 4) is 10.6 Å². The van der Waals surface area contributed by atoms with E-state index in [1.165, 1.54) is 23.5 Å². The molecule has 4 atom stereocenters. The van der Waals surface area contributed by atoms with Gasteiger partial charge in [-0.05, 0) is 81.4 Å². The molecule has 14 heteroatoms. The number of nitrogens with one attached hydrogen (secondary N) is 1. The molecule has 11 nitrogen and oxygen atoms in total. The van der Waals surface area contributed by atoms with Crippen LogP contribution in [-0.2, 0) is 17.6 Å². The molecular weight excluding hydrogens is 705 g/mol. The summed E-state index contributed by atoms with van der Waals surface area (Å²) in [5.74, 6) is -0.343. The molecule has 3 aromatic heterocycles. The molecule has 0 saturated heterocycles. The van der Waals surface area contributed by atoms with E-state index in [0.29, 0.717) is 62.9 Å². The maximum absolute atomic E-state index is 13.4. The number of halogens is 2. The first-order chi connectivity index (χ1) is 24.9. The second-order valence-electron chi connectivity index (χ2n) is 14.3. The highest BCUT2D eigenvalue weighted by Gasteiger charge is 2.43. The van der Waals surface area contributed by atoms with Gasteiger partial charge in [0.05, 0.1) is 23.2 Å². The van der Waals surface area contributed by atoms with Crippen molar-refractivity contribution >= 4 is 45.9 Å². The molecule has 0 radical (unpaired) electrons. The Morgan fingerprint density at radius 1 is 1.08 bits per heavy atom. The number of nitrogens with zero attached hydrogens (tertiary/aromatic N) is 5. The number of hydrogen-bond donors (Lipinski definition) is 4. The molecule has 2 aromatic carbocycles. The second-order valence-corrected chi connectivity index (χ2v) is 15.5. The van der Waals surface area contributed by atoms with Crippen molar-refractivity contribution < 1.29 is 24.1 Å². The zero-order chi connectivity index (χ0) is 37.0. The van der Waals surface area contributed by atoms with Crippen LogP contribution in [0.3, 0.4) is 0 Å². The quantitative estimate of drug-likeness (QED) is 0.0808. The van der Waals surface area contributed by atoms with Crippen LogP contribution in [0.5, 0.6) is 0 Å². The number of ether oxygens (including phenoxy) is 1. The molecule has 0 unspecified atom stereocenters. The first-order valence-electron chi connectivity index (χ1n) is 17.5. The molecule has 0 spiro atoms. The zero-order valence-corrected chi connectivity index (χ0v) is 31.1. The number of nitrogens with two attached hydrogens (primary N) is 1. The molecule has 5 N–H and O–H groups in total. The summed E-state index contributed by atoms with van der Waals surface area (Å²) >= 11 is 7.77. The van der Waals surface area contributed by atoms with Gasteiger partial charge in [-0.2, -0.15) is 4.98 Å². The minimum atomic E-state index is -1.07. The summed E-state index contributed by atoms with van der Waals surface area (Å²) in [4.78, 5) is 28.3. The van der Waals surface area contributed by atoms with E-state index in [2.05, 4.69) is 27.4 Å². The normalized spacial score (nSPS) is 19.0. The zero-order valence-electron chi connectivity index (χ0n) is 29.5. The Kier molecular flexibility index (Phi) is 11.8. The summed E-state index contributed by atoms with van der Waals surface area (Å²) < 4.78 is 20.9. The fourth-order valence-corrected chi connectivity index (χ4v) is 7.68. The maximum Gasteiger partial charge on any atom is 0.410 e. The molecular formula is C38H45ClFN7O4S. The number of rotatable bonds is 13. The standard InChI is InChI=1S/C38H45ClFN7O4S/c1-38(2,3)51-37(50)46(17-14-23-10-12-26(40)13-11-23)16-7-15-42-20-25-19-29(32(49)31(25)48)47-21-28(30-33(41)44-36(39)45-34(30)47)35-43-27(22-52-35)18-24-8-5-4-6-9-24/h4-6,8-13,21-22,25,29,31-32,42,48-49H,7,14-20H2,1-3H3,(H2,41,44,45)/t25-,29-,31-,32+/m1/s1. The SMILES string of the molecule is CC(C)(C)OC(=O)N(CCCNC[C@H]1C[C@@H](n2cc(-c3nc(Cc4ccccc4)cs3)c3c(N)nc(Cl)nc32)[C@H](O)[C@@H]1O)CCc1ccc(F)cc1. The molecule has 1 saturated carbocycles. The van der Waals surface area contributed by atoms with Crippen LogP contribution >= 0.6 is 22.9 Å². The molecule has 1 amide bonds. The molecule has 0 bridgehead atoms. The number of thiazole rings is 1. The van der Waals surface area contributed by atoms with Gasteiger partial charge in [0.25, 0.3) is 0 Å². The van der Waals surface area contributed by atoms with Crippen molar-refractivity contribution in [1.29, 1.82) is 0 Å². The summed E-state index contributed by atoms with van der Waals surface area (Å²) in [6.07, 6.45) is 1.78. The molecule has 5 aromatic rings. The topological polar surface area (TPSA) is 152 Å². The summed E-state index contributed by atoms with van der Waals surface area (Å²) in [5, 5.41) is 29.3. The van der Waals surface area contributed by atoms with Gasteiger partial charge in [0, 0.05) is 49.1 Å². The fourth-order valence-electron chi connectivity index (χ4n) is 6.68. The third kappa shape index (κ3) is 9.07. The largest absolute Gasteiger partial charge is 0.444 e. The van der Waals surface area contributed by atoms with Crippen molar-refractivity contribution in [1.82, 2.24) is 29.7 Å². The maximum atomic E-state index is 13.4. The number of aliphatic hydroxyl groups is 2. The molecule has 52 heavy (non-hydrogen) atoms. The van der Waals surface area contributed by atoms with E-state index in [1.807, 2.05) is 55.1 Å². The van der Waals surface area contributed by atoms with Crippen LogP contribution in [-0.4, -0.2) is 84.7 Å². The van der Waals surface area contributed by atoms with Crippen molar-refractivity contribution in [3.63, 3.8) is 0 Å². The number of benzene rings is 2. The molecule has 0 aliphatic heterocycles. The molecule has 6 rings (SSSR count). The highest BCUT2D eigenvalue weighted by atomic mass is 35.5. The van der Waals surface area contributed by atoms with E-state index in [0.717, 1.165) is 27.4 Å². The number of amides is 1. The molecule has 1 aliphatic carbocycles. The molecule has 1 aliphatic rings. The van der Waals surface area contributed by atoms with Gasteiger partial charge in [-0.3, -0.25) is 0 Å². The van der Waals surface area contributed by atoms with E-state index in [4.69, 9.17) is 27.1 Å². The van der Waals surface area contributed by atoms with Gasteiger partial charge in [0.2, 0.25) is 5.28 Å². The van der Waals surface area contributed by atoms with Gasteiger partial charge in [-0.1, -0.05) is 42.5 Å². The molecule has 276 valence electrons. The molecule has 1 fully saturated rings. The summed E-state index contributed by atoms with van der Waals surface area (Å²) in [6, 6.07) is 15.9. The minimum Gasteiger partial charge on any atom is -0.444 e. The van der Waals surface area contributed by atoms with E-state index in [9.17, 15) is 19.4 Å². The van der Waals surface area contributed by atoms with Crippen molar-refractivity contribution in [2.45, 2.75) is 70.3 Å². The Morgan fingerprint density at radius 3 is 2.56 bits per heavy atom. The smallest absolute Gasteiger partial charge is 0.410 e. The average molecular weight is 750 g/mol. The van der Waals surface area contributed by atoms with Crippen LogP contribution in [0.25, 0.3) is 21.6 Å². The highest BCUT2D eigenvalue weighted by molar-refractivity contribution is 7.13.